The highest BCUT2D eigenvalue weighted by Crippen LogP contribution is 2.43. The van der Waals surface area contributed by atoms with Gasteiger partial charge in [0.2, 0.25) is 0 Å². The summed E-state index contributed by atoms with van der Waals surface area (Å²) >= 11 is 8.87. The second kappa shape index (κ2) is 6.38. The lowest BCUT2D eigenvalue weighted by atomic mass is 10.2. The van der Waals surface area contributed by atoms with E-state index < -0.39 is 0 Å². The van der Waals surface area contributed by atoms with E-state index in [-0.39, 0.29) is 16.9 Å². The van der Waals surface area contributed by atoms with Crippen molar-refractivity contribution in [1.82, 2.24) is 5.32 Å². The van der Waals surface area contributed by atoms with E-state index in [1.54, 1.807) is 12.1 Å². The van der Waals surface area contributed by atoms with Crippen molar-refractivity contribution >= 4 is 41.0 Å². The average molecular weight is 311 g/mol. The summed E-state index contributed by atoms with van der Waals surface area (Å²) in [6.07, 6.45) is 0. The molecule has 0 saturated heterocycles. The third-order valence-electron chi connectivity index (χ3n) is 2.48. The van der Waals surface area contributed by atoms with Gasteiger partial charge in [-0.05, 0) is 23.4 Å². The maximum absolute atomic E-state index is 11.9. The molecule has 1 heterocycles. The maximum atomic E-state index is 11.9. The van der Waals surface area contributed by atoms with Gasteiger partial charge in [0.15, 0.2) is 0 Å². The summed E-state index contributed by atoms with van der Waals surface area (Å²) in [7, 11) is 0. The van der Waals surface area contributed by atoms with E-state index in [1.807, 2.05) is 25.1 Å². The third kappa shape index (κ3) is 3.27. The third-order valence-corrected chi connectivity index (χ3v) is 5.17. The van der Waals surface area contributed by atoms with Crippen LogP contribution in [0.15, 0.2) is 34.1 Å². The number of carbonyl (C=O) groups is 1. The number of benzene rings is 1. The summed E-state index contributed by atoms with van der Waals surface area (Å²) in [4.78, 5) is 11.9. The molecule has 1 aliphatic heterocycles. The van der Waals surface area contributed by atoms with E-state index in [4.69, 9.17) is 16.9 Å². The molecule has 0 aliphatic carbocycles. The molecular formula is C13H11ClN2OS2. The fourth-order valence-electron chi connectivity index (χ4n) is 1.60. The van der Waals surface area contributed by atoms with E-state index in [0.717, 1.165) is 15.6 Å². The van der Waals surface area contributed by atoms with Crippen LogP contribution in [0.1, 0.15) is 17.9 Å². The number of halogens is 1. The van der Waals surface area contributed by atoms with E-state index >= 15 is 0 Å². The Kier molecular flexibility index (Phi) is 4.81. The van der Waals surface area contributed by atoms with Gasteiger partial charge in [-0.25, -0.2) is 0 Å². The number of rotatable bonds is 3. The number of thioether (sulfide) groups is 2. The van der Waals surface area contributed by atoms with Crippen LogP contribution in [0.2, 0.25) is 5.02 Å². The van der Waals surface area contributed by atoms with Gasteiger partial charge in [-0.15, -0.1) is 11.8 Å². The summed E-state index contributed by atoms with van der Waals surface area (Å²) in [5.74, 6) is 0.519. The van der Waals surface area contributed by atoms with E-state index in [9.17, 15) is 4.79 Å². The molecule has 3 nitrogen and oxygen atoms in total. The lowest BCUT2D eigenvalue weighted by Crippen LogP contribution is -2.31. The summed E-state index contributed by atoms with van der Waals surface area (Å²) < 4.78 is 0.786. The van der Waals surface area contributed by atoms with Gasteiger partial charge in [-0.1, -0.05) is 42.4 Å². The quantitative estimate of drug-likeness (QED) is 0.925. The minimum absolute atomic E-state index is 0.170. The number of nitrogens with zero attached hydrogens (tertiary/aromatic N) is 1. The Morgan fingerprint density at radius 3 is 2.74 bits per heavy atom. The summed E-state index contributed by atoms with van der Waals surface area (Å²) in [6.45, 7) is 2.00. The first-order valence-corrected chi connectivity index (χ1v) is 7.90. The zero-order chi connectivity index (χ0) is 13.8. The predicted octanol–water partition coefficient (Wildman–Crippen LogP) is 3.69. The minimum atomic E-state index is -0.308. The number of nitriles is 1. The Bertz CT molecular complexity index is 563. The van der Waals surface area contributed by atoms with Crippen LogP contribution in [0, 0.1) is 11.3 Å². The van der Waals surface area contributed by atoms with Gasteiger partial charge >= 0.3 is 0 Å². The lowest BCUT2D eigenvalue weighted by Gasteiger charge is -2.25. The number of hydrogen-bond acceptors (Lipinski definition) is 4. The molecule has 19 heavy (non-hydrogen) atoms. The highest BCUT2D eigenvalue weighted by atomic mass is 35.5. The largest absolute Gasteiger partial charge is 0.335 e. The zero-order valence-corrected chi connectivity index (χ0v) is 12.5. The Hall–Kier alpha value is -1.09. The molecule has 0 radical (unpaired) electrons. The van der Waals surface area contributed by atoms with Gasteiger partial charge in [0.25, 0.3) is 5.91 Å². The predicted molar refractivity (Wildman–Crippen MR) is 80.7 cm³/mol. The maximum Gasteiger partial charge on any atom is 0.264 e. The highest BCUT2D eigenvalue weighted by Gasteiger charge is 2.28. The van der Waals surface area contributed by atoms with Crippen molar-refractivity contribution in [3.05, 3.63) is 44.7 Å². The molecule has 1 aromatic carbocycles. The summed E-state index contributed by atoms with van der Waals surface area (Å²) in [5, 5.41) is 12.4. The number of carbonyl (C=O) groups excluding carboxylic acids is 1. The molecule has 0 spiro atoms. The minimum Gasteiger partial charge on any atom is -0.335 e. The molecule has 1 aliphatic rings. The van der Waals surface area contributed by atoms with Crippen molar-refractivity contribution in [2.45, 2.75) is 12.3 Å². The SMILES string of the molecule is CCSC1=C(C#N)C(=O)NC(c2ccc(Cl)cc2)S1. The summed E-state index contributed by atoms with van der Waals surface area (Å²) in [5.41, 5.74) is 1.18. The van der Waals surface area contributed by atoms with Crippen LogP contribution >= 0.6 is 35.1 Å². The topological polar surface area (TPSA) is 52.9 Å². The first-order chi connectivity index (χ1) is 9.15. The van der Waals surface area contributed by atoms with Crippen molar-refractivity contribution in [2.24, 2.45) is 0 Å². The van der Waals surface area contributed by atoms with Crippen LogP contribution in [0.3, 0.4) is 0 Å². The monoisotopic (exact) mass is 310 g/mol. The fraction of sp³-hybridized carbons (Fsp3) is 0.231. The molecule has 6 heteroatoms. The Balaban J connectivity index is 2.28. The lowest BCUT2D eigenvalue weighted by molar-refractivity contribution is -0.117. The van der Waals surface area contributed by atoms with Crippen molar-refractivity contribution in [1.29, 1.82) is 5.26 Å². The molecule has 0 fully saturated rings. The first-order valence-electron chi connectivity index (χ1n) is 5.66. The molecule has 2 rings (SSSR count). The van der Waals surface area contributed by atoms with Crippen molar-refractivity contribution in [3.8, 4) is 6.07 Å². The normalized spacial score (nSPS) is 19.0. The van der Waals surface area contributed by atoms with Crippen molar-refractivity contribution in [2.75, 3.05) is 5.75 Å². The van der Waals surface area contributed by atoms with Gasteiger partial charge in [0, 0.05) is 5.02 Å². The zero-order valence-electron chi connectivity index (χ0n) is 10.1. The van der Waals surface area contributed by atoms with Gasteiger partial charge < -0.3 is 5.32 Å². The Morgan fingerprint density at radius 2 is 2.16 bits per heavy atom. The van der Waals surface area contributed by atoms with E-state index in [2.05, 4.69) is 5.32 Å². The second-order valence-corrected chi connectivity index (χ2v) is 6.81. The number of amides is 1. The molecule has 1 atom stereocenters. The summed E-state index contributed by atoms with van der Waals surface area (Å²) in [6, 6.07) is 9.32. The molecule has 98 valence electrons. The van der Waals surface area contributed by atoms with Crippen LogP contribution < -0.4 is 5.32 Å². The van der Waals surface area contributed by atoms with Crippen LogP contribution in [-0.4, -0.2) is 11.7 Å². The number of nitrogens with one attached hydrogen (secondary N) is 1. The fourth-order valence-corrected chi connectivity index (χ4v) is 4.12. The molecule has 1 N–H and O–H groups in total. The first kappa shape index (κ1) is 14.3. The van der Waals surface area contributed by atoms with Crippen molar-refractivity contribution in [3.63, 3.8) is 0 Å². The molecule has 1 aromatic rings. The second-order valence-electron chi connectivity index (χ2n) is 3.73. The average Bonchev–Trinajstić information content (AvgIpc) is 2.39. The number of hydrogen-bond donors (Lipinski definition) is 1. The van der Waals surface area contributed by atoms with Gasteiger partial charge in [-0.3, -0.25) is 4.79 Å². The van der Waals surface area contributed by atoms with Crippen LogP contribution in [0.5, 0.6) is 0 Å². The van der Waals surface area contributed by atoms with Crippen LogP contribution in [0.4, 0.5) is 0 Å². The highest BCUT2D eigenvalue weighted by molar-refractivity contribution is 8.22. The molecule has 0 saturated carbocycles. The van der Waals surface area contributed by atoms with E-state index in [1.165, 1.54) is 23.5 Å². The molecular weight excluding hydrogens is 300 g/mol. The van der Waals surface area contributed by atoms with Crippen LogP contribution in [-0.2, 0) is 4.79 Å². The van der Waals surface area contributed by atoms with Gasteiger partial charge in [-0.2, -0.15) is 5.26 Å². The molecule has 0 aromatic heterocycles. The molecule has 0 bridgehead atoms. The molecule has 1 amide bonds. The van der Waals surface area contributed by atoms with Crippen molar-refractivity contribution < 1.29 is 4.79 Å². The Labute approximate surface area is 125 Å². The smallest absolute Gasteiger partial charge is 0.264 e. The van der Waals surface area contributed by atoms with E-state index in [0.29, 0.717) is 5.02 Å². The Morgan fingerprint density at radius 1 is 1.47 bits per heavy atom. The molecule has 1 unspecified atom stereocenters. The van der Waals surface area contributed by atoms with Crippen LogP contribution in [0.25, 0.3) is 0 Å². The van der Waals surface area contributed by atoms with Gasteiger partial charge in [0.05, 0.1) is 4.24 Å². The standard InChI is InChI=1S/C13H11ClN2OS2/c1-2-18-13-10(7-15)11(17)16-12(19-13)8-3-5-9(14)6-4-8/h3-6,12H,2H2,1H3,(H,16,17). The van der Waals surface area contributed by atoms with Gasteiger partial charge in [0.1, 0.15) is 17.0 Å².